The van der Waals surface area contributed by atoms with Gasteiger partial charge in [-0.05, 0) is 83.8 Å². The van der Waals surface area contributed by atoms with Gasteiger partial charge in [-0.25, -0.2) is 58.2 Å². The summed E-state index contributed by atoms with van der Waals surface area (Å²) in [4.78, 5) is 122. The molecular weight excluding hydrogens is 1780 g/mol. The summed E-state index contributed by atoms with van der Waals surface area (Å²) < 4.78 is 147. The molecule has 4 bridgehead atoms. The number of anilines is 3. The van der Waals surface area contributed by atoms with E-state index in [9.17, 15) is 38.8 Å². The standard InChI is InChI=1S/C41H51FN10O12P2S2Si.C26H37FN10O10P2S2Si/c1-22(2)24(53)16-27-48-36-30(38(55)49-27)47-21-52(36)40-33-32(64-69(6,7)41(3,4)5)26(61-40)17-58-65(56,67)62-31-25(18-59-66(68,63-33)57-15-11-14-43)60-39(28(31)42)51-20-46-29-34(44-19-45-35(29)51)50-37(54)23-12-9-8-10-13-23;1-26(2,3)52(4,5)47-17-12-7-42-48(39,50)45-16-11(43-23(13(16)27)36-9-32-14-19(28)30-8-31-20(14)36)6-41-49(40,51)46-18(17)24(44-12)37-10-33-15-21(37)34-25(29)35-22(15)38/h8-10,12-13,19-22,25-26,28,31-33,39-40H,11,15-18H2,1-7H3,(H,56,67)(H,48,49,55)(H,44,45,50,54);8-13,16-18,23-24H,6-7H2,1-5H3,(H,39,50)(H,40,51)(H2,28,30,31)(H3,29,34,35,38)/t25-,26-,28-,31-,32-,33-,39-,40-,65?,66?;11-,12-,13-,16-,17-,18-,23-,24-,48?,49?/m11/s1. The number of carbonyl (C=O) groups excluding carboxylic acids is 2. The van der Waals surface area contributed by atoms with Crippen LogP contribution in [0.5, 0.6) is 0 Å². The number of nitriles is 1. The summed E-state index contributed by atoms with van der Waals surface area (Å²) in [5.41, 5.74) is 11.4. The van der Waals surface area contributed by atoms with Crippen molar-refractivity contribution in [3.63, 3.8) is 0 Å². The molecule has 0 radical (unpaired) electrons. The Balaban J connectivity index is 0.000000206. The summed E-state index contributed by atoms with van der Waals surface area (Å²) in [5, 5.41) is 11.5. The lowest BCUT2D eigenvalue weighted by atomic mass is 10.1. The Kier molecular flexibility index (Phi) is 26.2. The molecule has 6 fully saturated rings. The lowest BCUT2D eigenvalue weighted by Crippen LogP contribution is -2.50. The number of halogens is 2. The first-order chi connectivity index (χ1) is 56.8. The van der Waals surface area contributed by atoms with Crippen molar-refractivity contribution in [2.45, 2.75) is 203 Å². The van der Waals surface area contributed by atoms with E-state index in [4.69, 9.17) is 115 Å². The zero-order valence-electron chi connectivity index (χ0n) is 66.8. The fraction of sp³-hybridized carbons (Fsp3) is 0.567. The predicted molar refractivity (Wildman–Crippen MR) is 447 cm³/mol. The van der Waals surface area contributed by atoms with E-state index >= 15 is 8.78 Å². The highest BCUT2D eigenvalue weighted by atomic mass is 32.7. The minimum atomic E-state index is -4.42. The Morgan fingerprint density at radius 2 is 1.10 bits per heavy atom. The number of alkyl halides is 2. The number of aromatic nitrogens is 16. The van der Waals surface area contributed by atoms with Crippen molar-refractivity contribution >= 4 is 165 Å². The average molecular weight is 1870 g/mol. The van der Waals surface area contributed by atoms with Crippen LogP contribution >= 0.6 is 39.2 Å². The molecule has 15 rings (SSSR count). The van der Waals surface area contributed by atoms with Crippen molar-refractivity contribution in [2.24, 2.45) is 5.92 Å². The third-order valence-corrected chi connectivity index (χ3v) is 37.7. The number of ketones is 1. The molecule has 20 atom stereocenters. The monoisotopic (exact) mass is 1870 g/mol. The number of H-pyrrole nitrogens is 2. The number of rotatable bonds is 16. The van der Waals surface area contributed by atoms with Crippen LogP contribution < -0.4 is 27.9 Å². The fourth-order valence-corrected chi connectivity index (χ4v) is 22.4. The van der Waals surface area contributed by atoms with Crippen molar-refractivity contribution in [2.75, 3.05) is 49.8 Å². The first kappa shape index (κ1) is 90.6. The Morgan fingerprint density at radius 3 is 1.63 bits per heavy atom. The number of thiol groups is 1. The molecule has 0 saturated carbocycles. The minimum absolute atomic E-state index is 0.0282. The normalized spacial score (nSPS) is 31.5. The van der Waals surface area contributed by atoms with Gasteiger partial charge in [-0.3, -0.25) is 65.0 Å². The number of ether oxygens (including phenoxy) is 4. The van der Waals surface area contributed by atoms with Crippen LogP contribution in [0.1, 0.15) is 103 Å². The van der Waals surface area contributed by atoms with Gasteiger partial charge in [-0.15, -0.1) is 0 Å². The molecule has 654 valence electrons. The number of hydrogen-bond donors (Lipinski definition) is 8. The SMILES string of the molecule is CC(C)(C)[Si](C)(C)O[C@H]1[C@H]2OP(=O)(S)OC[C@H]3O[C@@H](n4cnc5c(N)ncnc54)[C@H](F)[C@@H]3OP(O)(=S)OC[C@H]1O[C@H]2n1cnc2c(=O)[nH]c(N)nc21.CC(C)C(=O)Cc1nc2c(ncn2[C@@H]2O[C@@H]3COP(O)(=S)O[C@H]4[C@@H](F)[C@H](n5cnc6c(NC(=O)c7ccccc7)ncnc65)O[C@@H]4COP(=S)(OCCC#N)O[C@@H]2[C@@H]3O[Si](C)(C)C(C)(C)C)c(=O)[nH]1. The van der Waals surface area contributed by atoms with Gasteiger partial charge in [0.2, 0.25) is 5.95 Å². The summed E-state index contributed by atoms with van der Waals surface area (Å²) in [7, 11) is -5.47. The van der Waals surface area contributed by atoms with Crippen molar-refractivity contribution in [1.29, 1.82) is 5.26 Å². The molecule has 9 N–H and O–H groups in total. The van der Waals surface area contributed by atoms with Crippen molar-refractivity contribution in [3.05, 3.63) is 100 Å². The number of carbonyl (C=O) groups is 2. The number of imidazole rings is 4. The Labute approximate surface area is 710 Å². The quantitative estimate of drug-likeness (QED) is 0.0195. The second-order valence-corrected chi connectivity index (χ2v) is 53.2. The lowest BCUT2D eigenvalue weighted by molar-refractivity contribution is -0.121. The number of benzene rings is 1. The third kappa shape index (κ3) is 19.1. The Morgan fingerprint density at radius 1 is 0.636 bits per heavy atom. The highest BCUT2D eigenvalue weighted by Gasteiger charge is 2.59. The molecule has 8 aromatic heterocycles. The van der Waals surface area contributed by atoms with Gasteiger partial charge in [0.25, 0.3) is 17.0 Å². The molecule has 1 aromatic carbocycles. The molecule has 0 aliphatic carbocycles. The predicted octanol–water partition coefficient (Wildman–Crippen LogP) is 8.41. The van der Waals surface area contributed by atoms with Crippen molar-refractivity contribution < 1.29 is 101 Å². The molecule has 9 aromatic rings. The molecule has 121 heavy (non-hydrogen) atoms. The maximum absolute atomic E-state index is 17.1. The molecular formula is C67H88F2N20O22P4S4Si2. The third-order valence-electron chi connectivity index (χ3n) is 21.7. The highest BCUT2D eigenvalue weighted by Crippen LogP contribution is 2.61. The molecule has 14 heterocycles. The summed E-state index contributed by atoms with van der Waals surface area (Å²) in [5.74, 6) is -0.960. The van der Waals surface area contributed by atoms with Gasteiger partial charge in [0.1, 0.15) is 90.8 Å². The van der Waals surface area contributed by atoms with Gasteiger partial charge < -0.3 is 77.4 Å². The Bertz CT molecular complexity index is 5790. The van der Waals surface area contributed by atoms with Crippen molar-refractivity contribution in [3.8, 4) is 6.07 Å². The number of aromatic amines is 2. The number of nitrogens with one attached hydrogen (secondary N) is 3. The number of nitrogens with two attached hydrogens (primary N) is 2. The van der Waals surface area contributed by atoms with E-state index in [1.54, 1.807) is 44.2 Å². The van der Waals surface area contributed by atoms with E-state index < -0.39 is 185 Å². The van der Waals surface area contributed by atoms with E-state index in [1.807, 2.05) is 73.8 Å². The van der Waals surface area contributed by atoms with Gasteiger partial charge in [0.15, 0.2) is 105 Å². The number of Topliss-reactive ketones (excluding diaryl/α,β-unsaturated/α-hetero) is 1. The van der Waals surface area contributed by atoms with Gasteiger partial charge in [0.05, 0.1) is 77.3 Å². The average Bonchev–Trinajstić information content (AvgIpc) is 1.74. The number of hydrogen-bond acceptors (Lipinski definition) is 36. The van der Waals surface area contributed by atoms with E-state index in [0.717, 1.165) is 0 Å². The van der Waals surface area contributed by atoms with Gasteiger partial charge in [-0.1, -0.05) is 85.8 Å². The molecule has 0 spiro atoms. The van der Waals surface area contributed by atoms with Crippen LogP contribution in [0.15, 0.2) is 77.9 Å². The zero-order chi connectivity index (χ0) is 87.2. The van der Waals surface area contributed by atoms with E-state index in [1.165, 1.54) is 56.2 Å². The van der Waals surface area contributed by atoms with Crippen LogP contribution in [0, 0.1) is 17.2 Å². The molecule has 4 unspecified atom stereocenters. The maximum atomic E-state index is 17.1. The van der Waals surface area contributed by atoms with E-state index in [-0.39, 0.29) is 109 Å². The van der Waals surface area contributed by atoms with Gasteiger partial charge in [-0.2, -0.15) is 10.2 Å². The number of nitrogen functional groups attached to an aromatic ring is 2. The van der Waals surface area contributed by atoms with E-state index in [0.29, 0.717) is 5.56 Å². The zero-order valence-corrected chi connectivity index (χ0v) is 75.7. The second-order valence-electron chi connectivity index (χ2n) is 32.3. The summed E-state index contributed by atoms with van der Waals surface area (Å²) in [6.07, 6.45) is -15.2. The van der Waals surface area contributed by atoms with Crippen LogP contribution in [0.4, 0.5) is 26.4 Å². The van der Waals surface area contributed by atoms with Crippen molar-refractivity contribution in [1.82, 2.24) is 78.1 Å². The first-order valence-electron chi connectivity index (χ1n) is 37.7. The molecule has 6 saturated heterocycles. The summed E-state index contributed by atoms with van der Waals surface area (Å²) in [6, 6.07) is 10.4. The molecule has 6 aliphatic heterocycles. The smallest absolute Gasteiger partial charge is 0.386 e. The fourth-order valence-electron chi connectivity index (χ4n) is 13.4. The van der Waals surface area contributed by atoms with Crippen LogP contribution in [-0.2, 0) is 120 Å². The van der Waals surface area contributed by atoms with Crippen LogP contribution in [-0.4, -0.2) is 223 Å². The second kappa shape index (κ2) is 35.0. The molecule has 6 aliphatic rings. The Hall–Kier alpha value is -6.61. The summed E-state index contributed by atoms with van der Waals surface area (Å²) >= 11 is 21.3. The lowest BCUT2D eigenvalue weighted by Gasteiger charge is -2.41. The minimum Gasteiger partial charge on any atom is -0.408 e. The summed E-state index contributed by atoms with van der Waals surface area (Å²) in [6.45, 7) is 3.96. The molecule has 54 heteroatoms. The highest BCUT2D eigenvalue weighted by molar-refractivity contribution is 8.44. The molecule has 42 nitrogen and oxygen atoms in total. The number of fused-ring (bicyclic) bond motifs is 10. The van der Waals surface area contributed by atoms with Gasteiger partial charge in [0, 0.05) is 11.5 Å². The number of nitrogens with zero attached hydrogens (tertiary/aromatic N) is 15. The first-order valence-corrected chi connectivity index (χ1v) is 53.9. The topological polar surface area (TPSA) is 532 Å². The molecule has 1 amide bonds. The van der Waals surface area contributed by atoms with Crippen LogP contribution in [0.3, 0.4) is 0 Å². The number of amides is 1. The van der Waals surface area contributed by atoms with Gasteiger partial charge >= 0.3 is 27.0 Å². The van der Waals surface area contributed by atoms with Crippen LogP contribution in [0.2, 0.25) is 36.3 Å². The van der Waals surface area contributed by atoms with E-state index in [2.05, 4.69) is 77.4 Å². The maximum Gasteiger partial charge on any atom is 0.386 e. The van der Waals surface area contributed by atoms with Crippen LogP contribution in [0.25, 0.3) is 44.7 Å². The largest absolute Gasteiger partial charge is 0.408 e.